The van der Waals surface area contributed by atoms with Crippen LogP contribution in [0.1, 0.15) is 15.9 Å². The molecule has 0 radical (unpaired) electrons. The maximum Gasteiger partial charge on any atom is 0.256 e. The molecular formula is C14H16FN3O. The highest BCUT2D eigenvalue weighted by Gasteiger charge is 2.24. The summed E-state index contributed by atoms with van der Waals surface area (Å²) in [4.78, 5) is 15.9. The summed E-state index contributed by atoms with van der Waals surface area (Å²) in [5.74, 6) is -0.704. The van der Waals surface area contributed by atoms with Gasteiger partial charge in [-0.15, -0.1) is 0 Å². The Morgan fingerprint density at radius 3 is 2.68 bits per heavy atom. The van der Waals surface area contributed by atoms with Gasteiger partial charge in [0.1, 0.15) is 5.82 Å². The third kappa shape index (κ3) is 2.91. The number of aryl methyl sites for hydroxylation is 1. The molecule has 100 valence electrons. The summed E-state index contributed by atoms with van der Waals surface area (Å²) in [5, 5.41) is 8.62. The van der Waals surface area contributed by atoms with E-state index in [1.165, 1.54) is 6.07 Å². The highest BCUT2D eigenvalue weighted by Crippen LogP contribution is 2.15. The summed E-state index contributed by atoms with van der Waals surface area (Å²) < 4.78 is 13.9. The molecule has 1 heterocycles. The summed E-state index contributed by atoms with van der Waals surface area (Å²) in [6.07, 6.45) is 0. The molecule has 1 aromatic carbocycles. The van der Waals surface area contributed by atoms with Gasteiger partial charge in [0.15, 0.2) is 0 Å². The monoisotopic (exact) mass is 261 g/mol. The molecule has 19 heavy (non-hydrogen) atoms. The van der Waals surface area contributed by atoms with E-state index in [1.807, 2.05) is 4.90 Å². The van der Waals surface area contributed by atoms with Crippen molar-refractivity contribution in [2.24, 2.45) is 0 Å². The summed E-state index contributed by atoms with van der Waals surface area (Å²) in [7, 11) is 0. The van der Waals surface area contributed by atoms with Crippen LogP contribution < -0.4 is 0 Å². The number of piperazine rings is 1. The molecular weight excluding hydrogens is 245 g/mol. The number of carbonyl (C=O) groups is 1. The molecule has 1 aliphatic heterocycles. The Kier molecular flexibility index (Phi) is 4.13. The van der Waals surface area contributed by atoms with E-state index in [0.29, 0.717) is 38.3 Å². The van der Waals surface area contributed by atoms with Gasteiger partial charge in [0.25, 0.3) is 5.91 Å². The molecule has 0 atom stereocenters. The molecule has 1 amide bonds. The average Bonchev–Trinajstić information content (AvgIpc) is 2.42. The van der Waals surface area contributed by atoms with Crippen LogP contribution in [0.4, 0.5) is 4.39 Å². The first-order chi connectivity index (χ1) is 9.13. The fraction of sp³-hybridized carbons (Fsp3) is 0.429. The Morgan fingerprint density at radius 2 is 2.05 bits per heavy atom. The highest BCUT2D eigenvalue weighted by molar-refractivity contribution is 5.94. The van der Waals surface area contributed by atoms with Crippen molar-refractivity contribution in [3.05, 3.63) is 35.1 Å². The average molecular weight is 261 g/mol. The highest BCUT2D eigenvalue weighted by atomic mass is 19.1. The number of nitriles is 1. The molecule has 0 saturated carbocycles. The fourth-order valence-electron chi connectivity index (χ4n) is 2.19. The first kappa shape index (κ1) is 13.5. The molecule has 4 nitrogen and oxygen atoms in total. The van der Waals surface area contributed by atoms with Gasteiger partial charge in [0.2, 0.25) is 0 Å². The molecule has 0 spiro atoms. The van der Waals surface area contributed by atoms with E-state index in [0.717, 1.165) is 0 Å². The van der Waals surface area contributed by atoms with Crippen LogP contribution in [0.3, 0.4) is 0 Å². The van der Waals surface area contributed by atoms with Gasteiger partial charge in [0, 0.05) is 26.2 Å². The molecule has 5 heteroatoms. The summed E-state index contributed by atoms with van der Waals surface area (Å²) in [5.41, 5.74) is 0.614. The molecule has 0 N–H and O–H groups in total. The van der Waals surface area contributed by atoms with Crippen molar-refractivity contribution in [3.8, 4) is 6.07 Å². The van der Waals surface area contributed by atoms with E-state index in [1.54, 1.807) is 24.0 Å². The zero-order valence-corrected chi connectivity index (χ0v) is 10.9. The molecule has 0 aliphatic carbocycles. The lowest BCUT2D eigenvalue weighted by Gasteiger charge is -2.33. The number of rotatable bonds is 2. The molecule has 1 saturated heterocycles. The molecule has 0 unspecified atom stereocenters. The van der Waals surface area contributed by atoms with E-state index >= 15 is 0 Å². The van der Waals surface area contributed by atoms with Gasteiger partial charge >= 0.3 is 0 Å². The zero-order chi connectivity index (χ0) is 13.8. The molecule has 0 aromatic heterocycles. The van der Waals surface area contributed by atoms with Crippen LogP contribution in [0.2, 0.25) is 0 Å². The standard InChI is InChI=1S/C14H16FN3O/c1-11-3-2-4-12(13(11)15)14(19)18-9-7-17(6-5-16)8-10-18/h2-4H,6-10H2,1H3. The number of hydrogen-bond acceptors (Lipinski definition) is 3. The maximum atomic E-state index is 13.9. The van der Waals surface area contributed by atoms with Crippen LogP contribution in [0.25, 0.3) is 0 Å². The Balaban J connectivity index is 2.06. The third-order valence-electron chi connectivity index (χ3n) is 3.38. The molecule has 1 fully saturated rings. The van der Waals surface area contributed by atoms with Crippen molar-refractivity contribution in [2.75, 3.05) is 32.7 Å². The summed E-state index contributed by atoms with van der Waals surface area (Å²) >= 11 is 0. The van der Waals surface area contributed by atoms with Crippen LogP contribution in [-0.2, 0) is 0 Å². The van der Waals surface area contributed by atoms with Gasteiger partial charge in [0.05, 0.1) is 18.2 Å². The van der Waals surface area contributed by atoms with Gasteiger partial charge in [-0.3, -0.25) is 9.69 Å². The number of benzene rings is 1. The van der Waals surface area contributed by atoms with Gasteiger partial charge in [-0.2, -0.15) is 5.26 Å². The minimum Gasteiger partial charge on any atom is -0.336 e. The molecule has 0 bridgehead atoms. The van der Waals surface area contributed by atoms with E-state index < -0.39 is 5.82 Å². The molecule has 1 aliphatic rings. The Bertz CT molecular complexity index is 516. The Hall–Kier alpha value is -1.93. The normalized spacial score (nSPS) is 16.2. The third-order valence-corrected chi connectivity index (χ3v) is 3.38. The second-order valence-corrected chi connectivity index (χ2v) is 4.66. The van der Waals surface area contributed by atoms with Gasteiger partial charge in [-0.25, -0.2) is 4.39 Å². The second kappa shape index (κ2) is 5.81. The van der Waals surface area contributed by atoms with E-state index in [4.69, 9.17) is 5.26 Å². The Morgan fingerprint density at radius 1 is 1.37 bits per heavy atom. The SMILES string of the molecule is Cc1cccc(C(=O)N2CCN(CC#N)CC2)c1F. The predicted octanol–water partition coefficient (Wildman–Crippen LogP) is 1.42. The van der Waals surface area contributed by atoms with Gasteiger partial charge in [-0.05, 0) is 18.6 Å². The smallest absolute Gasteiger partial charge is 0.256 e. The zero-order valence-electron chi connectivity index (χ0n) is 10.9. The lowest BCUT2D eigenvalue weighted by atomic mass is 10.1. The first-order valence-electron chi connectivity index (χ1n) is 6.27. The number of amides is 1. The first-order valence-corrected chi connectivity index (χ1v) is 6.27. The van der Waals surface area contributed by atoms with E-state index in [-0.39, 0.29) is 11.5 Å². The largest absolute Gasteiger partial charge is 0.336 e. The number of nitrogens with zero attached hydrogens (tertiary/aromatic N) is 3. The maximum absolute atomic E-state index is 13.9. The van der Waals surface area contributed by atoms with Crippen molar-refractivity contribution >= 4 is 5.91 Å². The van der Waals surface area contributed by atoms with E-state index in [9.17, 15) is 9.18 Å². The lowest BCUT2D eigenvalue weighted by molar-refractivity contribution is 0.0647. The summed E-state index contributed by atoms with van der Waals surface area (Å²) in [6.45, 7) is 4.42. The lowest BCUT2D eigenvalue weighted by Crippen LogP contribution is -2.48. The number of halogens is 1. The second-order valence-electron chi connectivity index (χ2n) is 4.66. The Labute approximate surface area is 112 Å². The van der Waals surface area contributed by atoms with Crippen LogP contribution in [0.15, 0.2) is 18.2 Å². The van der Waals surface area contributed by atoms with Crippen molar-refractivity contribution in [1.82, 2.24) is 9.80 Å². The fourth-order valence-corrected chi connectivity index (χ4v) is 2.19. The topological polar surface area (TPSA) is 47.3 Å². The van der Waals surface area contributed by atoms with Gasteiger partial charge in [-0.1, -0.05) is 12.1 Å². The van der Waals surface area contributed by atoms with E-state index in [2.05, 4.69) is 6.07 Å². The molecule has 2 rings (SSSR count). The van der Waals surface area contributed by atoms with Crippen molar-refractivity contribution in [1.29, 1.82) is 5.26 Å². The van der Waals surface area contributed by atoms with Gasteiger partial charge < -0.3 is 4.90 Å². The minimum atomic E-state index is -0.438. The van der Waals surface area contributed by atoms with Crippen molar-refractivity contribution < 1.29 is 9.18 Å². The minimum absolute atomic E-state index is 0.133. The quantitative estimate of drug-likeness (QED) is 0.756. The van der Waals surface area contributed by atoms with Crippen LogP contribution in [0, 0.1) is 24.1 Å². The predicted molar refractivity (Wildman–Crippen MR) is 69.1 cm³/mol. The number of carbonyl (C=O) groups excluding carboxylic acids is 1. The van der Waals surface area contributed by atoms with Crippen LogP contribution in [-0.4, -0.2) is 48.4 Å². The number of hydrogen-bond donors (Lipinski definition) is 0. The van der Waals surface area contributed by atoms with Crippen LogP contribution >= 0.6 is 0 Å². The van der Waals surface area contributed by atoms with Crippen molar-refractivity contribution in [3.63, 3.8) is 0 Å². The van der Waals surface area contributed by atoms with Crippen molar-refractivity contribution in [2.45, 2.75) is 6.92 Å². The molecule has 1 aromatic rings. The van der Waals surface area contributed by atoms with Crippen LogP contribution in [0.5, 0.6) is 0 Å². The summed E-state index contributed by atoms with van der Waals surface area (Å²) in [6, 6.07) is 6.95.